The molecule has 1 rings (SSSR count). The van der Waals surface area contributed by atoms with E-state index in [1.807, 2.05) is 0 Å². The molecule has 0 aliphatic rings. The van der Waals surface area contributed by atoms with Crippen molar-refractivity contribution in [1.29, 1.82) is 5.26 Å². The van der Waals surface area contributed by atoms with E-state index in [1.54, 1.807) is 13.0 Å². The summed E-state index contributed by atoms with van der Waals surface area (Å²) in [6.07, 6.45) is -2.92. The topological polar surface area (TPSA) is 89.0 Å². The number of alkyl halides is 2. The first-order valence-electron chi connectivity index (χ1n) is 4.67. The number of nitriles is 1. The van der Waals surface area contributed by atoms with Crippen LogP contribution in [-0.2, 0) is 4.74 Å². The number of ether oxygens (including phenoxy) is 1. The summed E-state index contributed by atoms with van der Waals surface area (Å²) in [5, 5.41) is 8.71. The summed E-state index contributed by atoms with van der Waals surface area (Å²) < 4.78 is 29.8. The number of carbonyl (C=O) groups excluding carboxylic acids is 1. The summed E-state index contributed by atoms with van der Waals surface area (Å²) in [4.78, 5) is 14.8. The van der Waals surface area contributed by atoms with Gasteiger partial charge in [0.15, 0.2) is 5.69 Å². The molecule has 1 aromatic rings. The van der Waals surface area contributed by atoms with E-state index >= 15 is 0 Å². The smallest absolute Gasteiger partial charge is 0.357 e. The van der Waals surface area contributed by atoms with Crippen LogP contribution in [0.5, 0.6) is 0 Å². The Balaban J connectivity index is 3.28. The van der Waals surface area contributed by atoms with Crippen molar-refractivity contribution in [3.05, 3.63) is 22.9 Å². The molecule has 0 saturated carbocycles. The average Bonchev–Trinajstić information content (AvgIpc) is 2.27. The number of anilines is 1. The second-order valence-corrected chi connectivity index (χ2v) is 2.99. The summed E-state index contributed by atoms with van der Waals surface area (Å²) in [6.45, 7) is 1.69. The second-order valence-electron chi connectivity index (χ2n) is 2.99. The van der Waals surface area contributed by atoms with Crippen LogP contribution < -0.4 is 5.73 Å². The largest absolute Gasteiger partial charge is 0.461 e. The lowest BCUT2D eigenvalue weighted by Crippen LogP contribution is -2.11. The fourth-order valence-corrected chi connectivity index (χ4v) is 1.21. The zero-order valence-corrected chi connectivity index (χ0v) is 8.91. The zero-order chi connectivity index (χ0) is 13.0. The number of aromatic nitrogens is 1. The van der Waals surface area contributed by atoms with Gasteiger partial charge in [-0.3, -0.25) is 0 Å². The third-order valence-electron chi connectivity index (χ3n) is 1.91. The molecule has 0 aliphatic carbocycles. The minimum Gasteiger partial charge on any atom is -0.461 e. The molecule has 0 spiro atoms. The second kappa shape index (κ2) is 5.21. The minimum atomic E-state index is -2.92. The van der Waals surface area contributed by atoms with Crippen LogP contribution in [0.4, 0.5) is 14.6 Å². The Morgan fingerprint density at radius 3 is 2.82 bits per heavy atom. The summed E-state index contributed by atoms with van der Waals surface area (Å²) in [5.41, 5.74) is 3.98. The van der Waals surface area contributed by atoms with Crippen LogP contribution in [0.1, 0.15) is 35.0 Å². The molecule has 1 aromatic heterocycles. The van der Waals surface area contributed by atoms with Gasteiger partial charge in [-0.2, -0.15) is 5.26 Å². The van der Waals surface area contributed by atoms with E-state index in [9.17, 15) is 13.6 Å². The van der Waals surface area contributed by atoms with E-state index in [2.05, 4.69) is 9.72 Å². The number of halogens is 2. The molecule has 5 nitrogen and oxygen atoms in total. The van der Waals surface area contributed by atoms with E-state index in [0.717, 1.165) is 6.07 Å². The predicted octanol–water partition coefficient (Wildman–Crippen LogP) is 1.65. The van der Waals surface area contributed by atoms with Crippen molar-refractivity contribution < 1.29 is 18.3 Å². The van der Waals surface area contributed by atoms with Crippen LogP contribution >= 0.6 is 0 Å². The molecule has 2 N–H and O–H groups in total. The van der Waals surface area contributed by atoms with E-state index in [1.165, 1.54) is 0 Å². The Bertz CT molecular complexity index is 483. The van der Waals surface area contributed by atoms with E-state index < -0.39 is 23.8 Å². The molecule has 0 fully saturated rings. The lowest BCUT2D eigenvalue weighted by Gasteiger charge is -2.08. The maximum absolute atomic E-state index is 12.6. The summed E-state index contributed by atoms with van der Waals surface area (Å²) in [6, 6.07) is 2.49. The molecule has 0 amide bonds. The molecule has 0 aromatic carbocycles. The number of nitrogen functional groups attached to an aromatic ring is 1. The monoisotopic (exact) mass is 241 g/mol. The van der Waals surface area contributed by atoms with Gasteiger partial charge in [-0.05, 0) is 13.0 Å². The van der Waals surface area contributed by atoms with Gasteiger partial charge in [0.2, 0.25) is 0 Å². The first kappa shape index (κ1) is 12.8. The molecule has 0 bridgehead atoms. The average molecular weight is 241 g/mol. The van der Waals surface area contributed by atoms with Crippen molar-refractivity contribution in [3.63, 3.8) is 0 Å². The molecule has 1 heterocycles. The van der Waals surface area contributed by atoms with Crippen molar-refractivity contribution in [1.82, 2.24) is 4.98 Å². The molecular formula is C10H9F2N3O2. The first-order chi connectivity index (χ1) is 8.01. The van der Waals surface area contributed by atoms with Crippen molar-refractivity contribution in [2.45, 2.75) is 13.3 Å². The Morgan fingerprint density at radius 2 is 2.35 bits per heavy atom. The van der Waals surface area contributed by atoms with Crippen LogP contribution in [0.3, 0.4) is 0 Å². The van der Waals surface area contributed by atoms with E-state index in [-0.39, 0.29) is 17.9 Å². The van der Waals surface area contributed by atoms with Crippen LogP contribution in [0.15, 0.2) is 6.07 Å². The van der Waals surface area contributed by atoms with Crippen LogP contribution in [0, 0.1) is 11.3 Å². The maximum atomic E-state index is 12.6. The molecule has 17 heavy (non-hydrogen) atoms. The van der Waals surface area contributed by atoms with Crippen LogP contribution in [-0.4, -0.2) is 17.6 Å². The van der Waals surface area contributed by atoms with Crippen molar-refractivity contribution in [2.75, 3.05) is 12.3 Å². The number of carbonyl (C=O) groups is 1. The zero-order valence-electron chi connectivity index (χ0n) is 8.91. The van der Waals surface area contributed by atoms with Gasteiger partial charge in [-0.15, -0.1) is 0 Å². The Labute approximate surface area is 95.8 Å². The van der Waals surface area contributed by atoms with Gasteiger partial charge in [0.1, 0.15) is 5.82 Å². The van der Waals surface area contributed by atoms with Crippen molar-refractivity contribution in [2.24, 2.45) is 0 Å². The molecule has 0 aliphatic heterocycles. The van der Waals surface area contributed by atoms with E-state index in [0.29, 0.717) is 0 Å². The van der Waals surface area contributed by atoms with Crippen LogP contribution in [0.25, 0.3) is 0 Å². The Hall–Kier alpha value is -2.23. The highest BCUT2D eigenvalue weighted by Gasteiger charge is 2.21. The van der Waals surface area contributed by atoms with Crippen molar-refractivity contribution in [3.8, 4) is 6.07 Å². The predicted molar refractivity (Wildman–Crippen MR) is 54.3 cm³/mol. The Morgan fingerprint density at radius 1 is 1.71 bits per heavy atom. The van der Waals surface area contributed by atoms with Gasteiger partial charge >= 0.3 is 5.97 Å². The lowest BCUT2D eigenvalue weighted by atomic mass is 10.1. The molecular weight excluding hydrogens is 232 g/mol. The number of esters is 1. The molecule has 0 radical (unpaired) electrons. The minimum absolute atomic E-state index is 0.110. The summed E-state index contributed by atoms with van der Waals surface area (Å²) in [5.74, 6) is -1.35. The maximum Gasteiger partial charge on any atom is 0.357 e. The third-order valence-corrected chi connectivity index (χ3v) is 1.91. The molecule has 0 atom stereocenters. The summed E-state index contributed by atoms with van der Waals surface area (Å²) in [7, 11) is 0. The van der Waals surface area contributed by atoms with Crippen LogP contribution in [0.2, 0.25) is 0 Å². The van der Waals surface area contributed by atoms with Gasteiger partial charge in [0, 0.05) is 0 Å². The highest BCUT2D eigenvalue weighted by Crippen LogP contribution is 2.27. The number of hydrogen-bond donors (Lipinski definition) is 1. The number of nitrogens with zero attached hydrogens (tertiary/aromatic N) is 2. The molecule has 0 unspecified atom stereocenters. The number of nitrogens with two attached hydrogens (primary N) is 1. The number of rotatable bonds is 3. The van der Waals surface area contributed by atoms with Gasteiger partial charge < -0.3 is 10.5 Å². The lowest BCUT2D eigenvalue weighted by molar-refractivity contribution is 0.0519. The van der Waals surface area contributed by atoms with Gasteiger partial charge in [0.05, 0.1) is 23.8 Å². The Kier molecular flexibility index (Phi) is 3.93. The number of pyridine rings is 1. The van der Waals surface area contributed by atoms with Gasteiger partial charge in [-0.25, -0.2) is 18.6 Å². The highest BCUT2D eigenvalue weighted by atomic mass is 19.3. The fourth-order valence-electron chi connectivity index (χ4n) is 1.21. The van der Waals surface area contributed by atoms with Crippen molar-refractivity contribution >= 4 is 11.8 Å². The van der Waals surface area contributed by atoms with Gasteiger partial charge in [-0.1, -0.05) is 0 Å². The quantitative estimate of drug-likeness (QED) is 0.812. The highest BCUT2D eigenvalue weighted by molar-refractivity contribution is 5.88. The fraction of sp³-hybridized carbons (Fsp3) is 0.300. The van der Waals surface area contributed by atoms with Gasteiger partial charge in [0.25, 0.3) is 6.43 Å². The molecule has 90 valence electrons. The number of hydrogen-bond acceptors (Lipinski definition) is 5. The third kappa shape index (κ3) is 2.66. The van der Waals surface area contributed by atoms with E-state index in [4.69, 9.17) is 11.0 Å². The normalized spacial score (nSPS) is 10.1. The SMILES string of the molecule is CCOC(=O)c1cc(C#N)c(C(F)F)c(N)n1. The molecule has 0 saturated heterocycles. The standard InChI is InChI=1S/C10H9F2N3O2/c1-2-17-10(16)6-3-5(4-13)7(8(11)12)9(14)15-6/h3,8H,2H2,1H3,(H2,14,15). The molecule has 7 heteroatoms. The summed E-state index contributed by atoms with van der Waals surface area (Å²) >= 11 is 0. The first-order valence-corrected chi connectivity index (χ1v) is 4.67.